The van der Waals surface area contributed by atoms with Gasteiger partial charge in [-0.15, -0.1) is 0 Å². The molecule has 0 heterocycles. The van der Waals surface area contributed by atoms with E-state index in [0.717, 1.165) is 22.3 Å². The molecule has 1 amide bonds. The van der Waals surface area contributed by atoms with Crippen LogP contribution in [0.25, 0.3) is 11.1 Å². The lowest BCUT2D eigenvalue weighted by molar-refractivity contribution is -0.139. The molecule has 1 unspecified atom stereocenters. The van der Waals surface area contributed by atoms with Crippen molar-refractivity contribution in [3.8, 4) is 11.1 Å². The highest BCUT2D eigenvalue weighted by Crippen LogP contribution is 2.44. The number of nitrogens with one attached hydrogen (secondary N) is 1. The quantitative estimate of drug-likeness (QED) is 0.458. The molecule has 2 aromatic carbocycles. The Balaban J connectivity index is 1.50. The molecule has 3 rings (SSSR count). The fraction of sp³-hybridized carbons (Fsp3) is 0.417. The number of carbonyl (C=O) groups is 2. The van der Waals surface area contributed by atoms with Crippen LogP contribution in [-0.2, 0) is 19.4 Å². The number of fused-ring (bicyclic) bond motifs is 3. The number of carboxylic acids is 1. The molecule has 0 radical (unpaired) electrons. The van der Waals surface area contributed by atoms with Gasteiger partial charge in [0, 0.05) is 11.7 Å². The molecule has 0 saturated heterocycles. The molecule has 0 bridgehead atoms. The third-order valence-corrected chi connectivity index (χ3v) is 9.20. The van der Waals surface area contributed by atoms with Gasteiger partial charge in [-0.1, -0.05) is 48.5 Å². The largest absolute Gasteiger partial charge is 0.480 e. The number of amides is 1. The van der Waals surface area contributed by atoms with E-state index in [0.29, 0.717) is 11.5 Å². The first-order valence-electron chi connectivity index (χ1n) is 10.8. The molecule has 2 aromatic rings. The van der Waals surface area contributed by atoms with Crippen molar-refractivity contribution in [3.05, 3.63) is 59.7 Å². The lowest BCUT2D eigenvalue weighted by Crippen LogP contribution is -2.41. The Morgan fingerprint density at radius 3 is 2.15 bits per heavy atom. The number of rotatable bonds is 11. The molecule has 178 valence electrons. The van der Waals surface area contributed by atoms with Crippen LogP contribution in [0.3, 0.4) is 0 Å². The molecule has 2 N–H and O–H groups in total. The van der Waals surface area contributed by atoms with E-state index in [9.17, 15) is 23.1 Å². The van der Waals surface area contributed by atoms with Crippen LogP contribution >= 0.6 is 11.8 Å². The highest BCUT2D eigenvalue weighted by atomic mass is 32.2. The van der Waals surface area contributed by atoms with Crippen molar-refractivity contribution >= 4 is 33.7 Å². The number of hydrogen-bond acceptors (Lipinski definition) is 6. The second-order valence-corrected chi connectivity index (χ2v) is 12.1. The van der Waals surface area contributed by atoms with Crippen molar-refractivity contribution in [2.75, 3.05) is 23.9 Å². The molecule has 9 heteroatoms. The van der Waals surface area contributed by atoms with Crippen molar-refractivity contribution in [1.29, 1.82) is 0 Å². The summed E-state index contributed by atoms with van der Waals surface area (Å²) in [5.74, 6) is -0.414. The average molecular weight is 492 g/mol. The van der Waals surface area contributed by atoms with E-state index in [1.165, 1.54) is 11.8 Å². The topological polar surface area (TPSA) is 110 Å². The molecule has 0 spiro atoms. The number of aliphatic carboxylic acids is 1. The van der Waals surface area contributed by atoms with E-state index in [2.05, 4.69) is 5.32 Å². The number of carboxylic acid groups (broad SMARTS) is 1. The Morgan fingerprint density at radius 2 is 1.61 bits per heavy atom. The van der Waals surface area contributed by atoms with Crippen LogP contribution in [0, 0.1) is 0 Å². The lowest BCUT2D eigenvalue weighted by Gasteiger charge is -2.17. The Labute approximate surface area is 198 Å². The van der Waals surface area contributed by atoms with Gasteiger partial charge in [0.1, 0.15) is 12.6 Å². The second-order valence-electron chi connectivity index (χ2n) is 8.18. The molecule has 0 aliphatic heterocycles. The van der Waals surface area contributed by atoms with Gasteiger partial charge in [0.05, 0.1) is 11.0 Å². The van der Waals surface area contributed by atoms with Gasteiger partial charge >= 0.3 is 12.1 Å². The Kier molecular flexibility index (Phi) is 8.42. The van der Waals surface area contributed by atoms with E-state index in [-0.39, 0.29) is 24.7 Å². The third-order valence-electron chi connectivity index (χ3n) is 5.72. The van der Waals surface area contributed by atoms with Gasteiger partial charge in [-0.3, -0.25) is 0 Å². The van der Waals surface area contributed by atoms with Crippen LogP contribution in [-0.4, -0.2) is 60.7 Å². The van der Waals surface area contributed by atoms with Crippen molar-refractivity contribution in [2.24, 2.45) is 0 Å². The van der Waals surface area contributed by atoms with Gasteiger partial charge in [-0.25, -0.2) is 18.0 Å². The highest BCUT2D eigenvalue weighted by molar-refractivity contribution is 8.00. The van der Waals surface area contributed by atoms with Crippen LogP contribution in [0.15, 0.2) is 48.5 Å². The van der Waals surface area contributed by atoms with Crippen molar-refractivity contribution in [3.63, 3.8) is 0 Å². The summed E-state index contributed by atoms with van der Waals surface area (Å²) in [5, 5.41) is 11.4. The molecule has 0 aromatic heterocycles. The van der Waals surface area contributed by atoms with E-state index < -0.39 is 33.2 Å². The molecule has 1 aliphatic rings. The first-order valence-corrected chi connectivity index (χ1v) is 13.7. The predicted octanol–water partition coefficient (Wildman–Crippen LogP) is 3.92. The SMILES string of the molecule is CC(C)S(=O)(=O)CCSCCC(NC(=O)OCC1c2ccccc2-c2ccccc21)C(=O)O. The Hall–Kier alpha value is -2.52. The Morgan fingerprint density at radius 1 is 1.03 bits per heavy atom. The van der Waals surface area contributed by atoms with Crippen molar-refractivity contribution in [2.45, 2.75) is 37.5 Å². The maximum absolute atomic E-state index is 12.4. The van der Waals surface area contributed by atoms with Gasteiger partial charge in [0.2, 0.25) is 0 Å². The minimum Gasteiger partial charge on any atom is -0.480 e. The van der Waals surface area contributed by atoms with E-state index in [1.807, 2.05) is 48.5 Å². The molecule has 0 saturated carbocycles. The zero-order valence-electron chi connectivity index (χ0n) is 18.7. The van der Waals surface area contributed by atoms with Gasteiger partial charge in [-0.05, 0) is 48.3 Å². The Bertz CT molecular complexity index is 1050. The number of carbonyl (C=O) groups excluding carboxylic acids is 1. The normalized spacial score (nSPS) is 13.9. The smallest absolute Gasteiger partial charge is 0.407 e. The number of benzene rings is 2. The summed E-state index contributed by atoms with van der Waals surface area (Å²) >= 11 is 1.35. The van der Waals surface area contributed by atoms with Crippen molar-refractivity contribution in [1.82, 2.24) is 5.32 Å². The minimum atomic E-state index is -3.12. The molecule has 1 aliphatic carbocycles. The van der Waals surface area contributed by atoms with Crippen LogP contribution in [0.1, 0.15) is 37.3 Å². The zero-order chi connectivity index (χ0) is 24.0. The molecule has 7 nitrogen and oxygen atoms in total. The predicted molar refractivity (Wildman–Crippen MR) is 130 cm³/mol. The minimum absolute atomic E-state index is 0.0485. The number of sulfone groups is 1. The molecular weight excluding hydrogens is 462 g/mol. The summed E-state index contributed by atoms with van der Waals surface area (Å²) in [6.45, 7) is 3.38. The van der Waals surface area contributed by atoms with Crippen molar-refractivity contribution < 1.29 is 27.9 Å². The first kappa shape index (κ1) is 25.1. The fourth-order valence-electron chi connectivity index (χ4n) is 3.75. The first-order chi connectivity index (χ1) is 15.7. The second kappa shape index (κ2) is 11.1. The maximum Gasteiger partial charge on any atom is 0.407 e. The van der Waals surface area contributed by atoms with Gasteiger partial charge in [-0.2, -0.15) is 11.8 Å². The molecular formula is C24H29NO6S2. The van der Waals surface area contributed by atoms with Gasteiger partial charge < -0.3 is 15.2 Å². The summed E-state index contributed by atoms with van der Waals surface area (Å²) in [4.78, 5) is 23.9. The fourth-order valence-corrected chi connectivity index (χ4v) is 6.23. The number of ether oxygens (including phenoxy) is 1. The summed E-state index contributed by atoms with van der Waals surface area (Å²) in [6.07, 6.45) is -0.608. The molecule has 0 fully saturated rings. The molecule has 33 heavy (non-hydrogen) atoms. The van der Waals surface area contributed by atoms with Crippen LogP contribution in [0.5, 0.6) is 0 Å². The summed E-state index contributed by atoms with van der Waals surface area (Å²) in [7, 11) is -3.12. The van der Waals surface area contributed by atoms with Gasteiger partial charge in [0.15, 0.2) is 9.84 Å². The molecule has 1 atom stereocenters. The summed E-state index contributed by atoms with van der Waals surface area (Å²) in [6, 6.07) is 14.8. The zero-order valence-corrected chi connectivity index (χ0v) is 20.3. The standard InChI is InChI=1S/C24H29NO6S2/c1-16(2)33(29,30)14-13-32-12-11-22(23(26)27)25-24(28)31-15-21-19-9-5-3-7-17(19)18-8-4-6-10-20(18)21/h3-10,16,21-22H,11-15H2,1-2H3,(H,25,28)(H,26,27). The maximum atomic E-state index is 12.4. The van der Waals surface area contributed by atoms with Crippen LogP contribution in [0.4, 0.5) is 4.79 Å². The van der Waals surface area contributed by atoms with E-state index in [4.69, 9.17) is 4.74 Å². The monoisotopic (exact) mass is 491 g/mol. The van der Waals surface area contributed by atoms with Crippen LogP contribution < -0.4 is 5.32 Å². The average Bonchev–Trinajstić information content (AvgIpc) is 3.10. The summed E-state index contributed by atoms with van der Waals surface area (Å²) < 4.78 is 29.1. The van der Waals surface area contributed by atoms with Gasteiger partial charge in [0.25, 0.3) is 0 Å². The van der Waals surface area contributed by atoms with Crippen LogP contribution in [0.2, 0.25) is 0 Å². The van der Waals surface area contributed by atoms with E-state index in [1.54, 1.807) is 13.8 Å². The number of alkyl carbamates (subject to hydrolysis) is 1. The third kappa shape index (κ3) is 6.29. The number of hydrogen-bond donors (Lipinski definition) is 2. The van der Waals surface area contributed by atoms with E-state index >= 15 is 0 Å². The summed E-state index contributed by atoms with van der Waals surface area (Å²) in [5.41, 5.74) is 4.38. The number of thioether (sulfide) groups is 1. The highest BCUT2D eigenvalue weighted by Gasteiger charge is 2.29. The lowest BCUT2D eigenvalue weighted by atomic mass is 9.98.